The van der Waals surface area contributed by atoms with Crippen LogP contribution in [0.2, 0.25) is 23.2 Å². The van der Waals surface area contributed by atoms with Gasteiger partial charge in [-0.05, 0) is 70.9 Å². The molecule has 276 valence electrons. The lowest BCUT2D eigenvalue weighted by molar-refractivity contribution is -0.138. The first kappa shape index (κ1) is 36.9. The number of aliphatic hydroxyl groups is 1. The second-order valence-corrected chi connectivity index (χ2v) is 20.7. The molecule has 1 fully saturated rings. The molecular formula is C42H45ClN2O7Si. The van der Waals surface area contributed by atoms with Crippen LogP contribution in [0.3, 0.4) is 0 Å². The Morgan fingerprint density at radius 3 is 2.25 bits per heavy atom. The standard InChI is InChI=1S/C42H45ClN2O7Si/c1-7-20-44-35-29-22-27-21-28-30(43)18-19-31(49-23-25-14-10-8-11-15-25)33(28)36(46)32(27)38(47)42(29,52-53(5,6)41(2,3)4)39(48)34-37(35)51-45-40(34)50-24-26-16-12-9-13-17-26/h7-19,27,29,35,44,46H,1,20-24H2,2-6H3/t27-,29-,35-,42-/m0/s1. The van der Waals surface area contributed by atoms with Gasteiger partial charge in [0.05, 0.1) is 11.6 Å². The number of aromatic nitrogens is 1. The smallest absolute Gasteiger partial charge is 0.265 e. The zero-order chi connectivity index (χ0) is 37.7. The molecule has 0 spiro atoms. The lowest BCUT2D eigenvalue weighted by atomic mass is 9.57. The summed E-state index contributed by atoms with van der Waals surface area (Å²) in [6, 6.07) is 22.0. The number of hydrogen-bond donors (Lipinski definition) is 2. The van der Waals surface area contributed by atoms with E-state index in [1.807, 2.05) is 73.8 Å². The Balaban J connectivity index is 1.39. The van der Waals surface area contributed by atoms with Gasteiger partial charge >= 0.3 is 0 Å². The van der Waals surface area contributed by atoms with Crippen LogP contribution >= 0.6 is 11.6 Å². The highest BCUT2D eigenvalue weighted by Crippen LogP contribution is 2.58. The second kappa shape index (κ2) is 14.1. The maximum Gasteiger partial charge on any atom is 0.265 e. The first-order valence-corrected chi connectivity index (χ1v) is 21.3. The van der Waals surface area contributed by atoms with Crippen molar-refractivity contribution >= 4 is 37.2 Å². The number of nitrogens with one attached hydrogen (secondary N) is 1. The third kappa shape index (κ3) is 6.35. The second-order valence-electron chi connectivity index (χ2n) is 15.6. The molecule has 3 aliphatic rings. The van der Waals surface area contributed by atoms with Crippen LogP contribution in [0.5, 0.6) is 11.6 Å². The third-order valence-corrected chi connectivity index (χ3v) is 16.1. The van der Waals surface area contributed by atoms with Crippen molar-refractivity contribution in [3.8, 4) is 11.6 Å². The molecule has 53 heavy (non-hydrogen) atoms. The summed E-state index contributed by atoms with van der Waals surface area (Å²) in [6.45, 7) is 14.9. The summed E-state index contributed by atoms with van der Waals surface area (Å²) in [5, 5.41) is 20.1. The van der Waals surface area contributed by atoms with Crippen LogP contribution in [0, 0.1) is 11.8 Å². The van der Waals surface area contributed by atoms with Crippen LogP contribution in [0.25, 0.3) is 5.76 Å². The molecule has 0 saturated heterocycles. The van der Waals surface area contributed by atoms with E-state index >= 15 is 9.59 Å². The predicted molar refractivity (Wildman–Crippen MR) is 206 cm³/mol. The topological polar surface area (TPSA) is 120 Å². The van der Waals surface area contributed by atoms with Gasteiger partial charge in [0, 0.05) is 23.1 Å². The summed E-state index contributed by atoms with van der Waals surface area (Å²) < 4.78 is 25.6. The molecule has 9 nitrogen and oxygen atoms in total. The van der Waals surface area contributed by atoms with Crippen molar-refractivity contribution in [3.05, 3.63) is 130 Å². The lowest BCUT2D eigenvalue weighted by Gasteiger charge is -2.54. The van der Waals surface area contributed by atoms with Crippen LogP contribution in [0.1, 0.15) is 71.6 Å². The molecule has 1 saturated carbocycles. The summed E-state index contributed by atoms with van der Waals surface area (Å²) in [4.78, 5) is 31.0. The van der Waals surface area contributed by atoms with E-state index in [9.17, 15) is 5.11 Å². The molecule has 0 unspecified atom stereocenters. The Hall–Kier alpha value is -4.48. The Morgan fingerprint density at radius 2 is 1.62 bits per heavy atom. The maximum absolute atomic E-state index is 15.6. The van der Waals surface area contributed by atoms with Gasteiger partial charge in [0.15, 0.2) is 19.7 Å². The normalized spacial score (nSPS) is 22.4. The molecule has 11 heteroatoms. The predicted octanol–water partition coefficient (Wildman–Crippen LogP) is 8.99. The number of ketones is 2. The number of carbonyl (C=O) groups is 2. The Labute approximate surface area is 316 Å². The maximum atomic E-state index is 15.6. The van der Waals surface area contributed by atoms with Gasteiger partial charge in [0.1, 0.15) is 30.3 Å². The van der Waals surface area contributed by atoms with Gasteiger partial charge in [0.2, 0.25) is 11.6 Å². The number of benzene rings is 3. The minimum atomic E-state index is -2.90. The summed E-state index contributed by atoms with van der Waals surface area (Å²) in [6.07, 6.45) is 2.38. The third-order valence-electron chi connectivity index (χ3n) is 11.3. The summed E-state index contributed by atoms with van der Waals surface area (Å²) in [5.74, 6) is -1.93. The van der Waals surface area contributed by atoms with Crippen LogP contribution in [0.4, 0.5) is 0 Å². The van der Waals surface area contributed by atoms with E-state index in [0.29, 0.717) is 41.3 Å². The highest BCUT2D eigenvalue weighted by Gasteiger charge is 2.68. The van der Waals surface area contributed by atoms with Gasteiger partial charge in [-0.3, -0.25) is 9.59 Å². The molecule has 0 radical (unpaired) electrons. The van der Waals surface area contributed by atoms with Crippen molar-refractivity contribution < 1.29 is 33.1 Å². The molecule has 7 rings (SSSR count). The molecule has 1 aromatic heterocycles. The fourth-order valence-electron chi connectivity index (χ4n) is 7.64. The lowest BCUT2D eigenvalue weighted by Crippen LogP contribution is -2.68. The monoisotopic (exact) mass is 752 g/mol. The van der Waals surface area contributed by atoms with Gasteiger partial charge in [-0.2, -0.15) is 0 Å². The number of Topliss-reactive ketones (excluding diaryl/α,β-unsaturated/α-hetero) is 2. The van der Waals surface area contributed by atoms with Gasteiger partial charge in [-0.25, -0.2) is 0 Å². The summed E-state index contributed by atoms with van der Waals surface area (Å²) >= 11 is 6.82. The average molecular weight is 753 g/mol. The fraction of sp³-hybridized carbons (Fsp3) is 0.357. The molecule has 0 aliphatic heterocycles. The van der Waals surface area contributed by atoms with E-state index < -0.39 is 43.4 Å². The first-order chi connectivity index (χ1) is 25.3. The van der Waals surface area contributed by atoms with Gasteiger partial charge in [0.25, 0.3) is 5.88 Å². The number of halogens is 1. The Kier molecular flexibility index (Phi) is 9.78. The van der Waals surface area contributed by atoms with E-state index in [2.05, 4.69) is 37.8 Å². The van der Waals surface area contributed by atoms with Crippen molar-refractivity contribution in [3.63, 3.8) is 0 Å². The van der Waals surface area contributed by atoms with Crippen molar-refractivity contribution in [2.24, 2.45) is 11.8 Å². The quantitative estimate of drug-likeness (QED) is 0.0879. The van der Waals surface area contributed by atoms with E-state index in [1.165, 1.54) is 0 Å². The van der Waals surface area contributed by atoms with Crippen LogP contribution in [-0.4, -0.2) is 42.3 Å². The van der Waals surface area contributed by atoms with Crippen molar-refractivity contribution in [1.29, 1.82) is 0 Å². The number of nitrogens with zero attached hydrogens (tertiary/aromatic N) is 1. The number of carbonyl (C=O) groups excluding carboxylic acids is 2. The first-order valence-electron chi connectivity index (χ1n) is 18.0. The summed E-state index contributed by atoms with van der Waals surface area (Å²) in [7, 11) is -2.90. The zero-order valence-corrected chi connectivity index (χ0v) is 32.5. The van der Waals surface area contributed by atoms with Gasteiger partial charge in [-0.15, -0.1) is 6.58 Å². The van der Waals surface area contributed by atoms with E-state index in [4.69, 9.17) is 30.0 Å². The van der Waals surface area contributed by atoms with E-state index in [-0.39, 0.29) is 46.8 Å². The van der Waals surface area contributed by atoms with Crippen molar-refractivity contribution in [1.82, 2.24) is 10.5 Å². The largest absolute Gasteiger partial charge is 0.507 e. The Bertz CT molecular complexity index is 2090. The minimum absolute atomic E-state index is 0.0126. The average Bonchev–Trinajstić information content (AvgIpc) is 3.56. The molecule has 0 bridgehead atoms. The number of rotatable bonds is 11. The fourth-order valence-corrected chi connectivity index (χ4v) is 9.32. The molecule has 4 atom stereocenters. The molecule has 1 heterocycles. The molecule has 4 aromatic rings. The van der Waals surface area contributed by atoms with E-state index in [1.54, 1.807) is 18.2 Å². The SMILES string of the molecule is C=CCN[C@@H]1c2onc(OCc3ccccc3)c2C(=O)[C@@]2(O[Si](C)(C)C(C)(C)C)C(=O)C3=C(O)c4c(OCc5ccccc5)ccc(Cl)c4C[C@H]3C[C@@H]12. The van der Waals surface area contributed by atoms with Gasteiger partial charge < -0.3 is 28.8 Å². The summed E-state index contributed by atoms with van der Waals surface area (Å²) in [5.41, 5.74) is 1.04. The molecule has 3 aromatic carbocycles. The molecule has 2 N–H and O–H groups in total. The number of fused-ring (bicyclic) bond motifs is 4. The highest BCUT2D eigenvalue weighted by molar-refractivity contribution is 6.74. The van der Waals surface area contributed by atoms with E-state index in [0.717, 1.165) is 11.1 Å². The van der Waals surface area contributed by atoms with Crippen LogP contribution in [-0.2, 0) is 28.9 Å². The molecular weight excluding hydrogens is 708 g/mol. The van der Waals surface area contributed by atoms with Crippen molar-refractivity contribution in [2.45, 2.75) is 76.6 Å². The molecule has 3 aliphatic carbocycles. The van der Waals surface area contributed by atoms with Crippen LogP contribution in [0.15, 0.2) is 95.5 Å². The minimum Gasteiger partial charge on any atom is -0.507 e. The number of aliphatic hydroxyl groups excluding tert-OH is 1. The molecule has 0 amide bonds. The van der Waals surface area contributed by atoms with Crippen LogP contribution < -0.4 is 14.8 Å². The van der Waals surface area contributed by atoms with Crippen molar-refractivity contribution in [2.75, 3.05) is 6.54 Å². The zero-order valence-electron chi connectivity index (χ0n) is 30.7. The van der Waals surface area contributed by atoms with Gasteiger partial charge in [-0.1, -0.05) is 99.1 Å². The Morgan fingerprint density at radius 1 is 0.981 bits per heavy atom. The highest BCUT2D eigenvalue weighted by atomic mass is 35.5. The number of hydrogen-bond acceptors (Lipinski definition) is 9. The number of ether oxygens (including phenoxy) is 2.